The maximum atomic E-state index is 13.0. The minimum absolute atomic E-state index is 0.00201. The third-order valence-electron chi connectivity index (χ3n) is 4.58. The van der Waals surface area contributed by atoms with Gasteiger partial charge in [-0.2, -0.15) is 0 Å². The van der Waals surface area contributed by atoms with Crippen molar-refractivity contribution in [1.29, 1.82) is 0 Å². The summed E-state index contributed by atoms with van der Waals surface area (Å²) < 4.78 is 28.6. The van der Waals surface area contributed by atoms with Gasteiger partial charge in [-0.25, -0.2) is 8.42 Å². The summed E-state index contributed by atoms with van der Waals surface area (Å²) in [5.74, 6) is -0.384. The van der Waals surface area contributed by atoms with Crippen LogP contribution < -0.4 is 10.0 Å². The molecule has 156 valence electrons. The summed E-state index contributed by atoms with van der Waals surface area (Å²) in [4.78, 5) is 16.5. The Labute approximate surface area is 175 Å². The fourth-order valence-electron chi connectivity index (χ4n) is 2.94. The quantitative estimate of drug-likeness (QED) is 0.538. The van der Waals surface area contributed by atoms with Crippen molar-refractivity contribution in [1.82, 2.24) is 4.98 Å². The van der Waals surface area contributed by atoms with Gasteiger partial charge in [0.1, 0.15) is 0 Å². The molecule has 0 radical (unpaired) electrons. The van der Waals surface area contributed by atoms with E-state index in [9.17, 15) is 18.3 Å². The highest BCUT2D eigenvalue weighted by Crippen LogP contribution is 2.25. The SMILES string of the molecule is Cc1ccc(NS(=O)(=O)c2cc(NC(=O)c3cnccc3C)ccc2CCO)cc1. The molecule has 3 N–H and O–H groups in total. The van der Waals surface area contributed by atoms with Crippen LogP contribution in [0.5, 0.6) is 0 Å². The van der Waals surface area contributed by atoms with Crippen LogP contribution >= 0.6 is 0 Å². The fourth-order valence-corrected chi connectivity index (χ4v) is 4.30. The van der Waals surface area contributed by atoms with Crippen molar-refractivity contribution in [2.75, 3.05) is 16.6 Å². The zero-order valence-electron chi connectivity index (χ0n) is 16.7. The first kappa shape index (κ1) is 21.5. The number of aromatic nitrogens is 1. The minimum Gasteiger partial charge on any atom is -0.396 e. The van der Waals surface area contributed by atoms with Crippen molar-refractivity contribution in [3.63, 3.8) is 0 Å². The van der Waals surface area contributed by atoms with Gasteiger partial charge < -0.3 is 10.4 Å². The number of benzene rings is 2. The number of anilines is 2. The van der Waals surface area contributed by atoms with Crippen molar-refractivity contribution in [3.8, 4) is 0 Å². The number of rotatable bonds is 7. The largest absolute Gasteiger partial charge is 0.396 e. The lowest BCUT2D eigenvalue weighted by atomic mass is 10.1. The molecule has 30 heavy (non-hydrogen) atoms. The zero-order valence-corrected chi connectivity index (χ0v) is 17.5. The lowest BCUT2D eigenvalue weighted by Gasteiger charge is -2.14. The first-order valence-corrected chi connectivity index (χ1v) is 10.8. The number of carbonyl (C=O) groups excluding carboxylic acids is 1. The van der Waals surface area contributed by atoms with Crippen molar-refractivity contribution in [2.45, 2.75) is 25.2 Å². The Hall–Kier alpha value is -3.23. The number of nitrogens with zero attached hydrogens (tertiary/aromatic N) is 1. The summed E-state index contributed by atoms with van der Waals surface area (Å²) >= 11 is 0. The Bertz CT molecular complexity index is 1160. The van der Waals surface area contributed by atoms with E-state index in [0.29, 0.717) is 22.5 Å². The molecule has 0 bridgehead atoms. The van der Waals surface area contributed by atoms with Crippen molar-refractivity contribution in [3.05, 3.63) is 83.2 Å². The lowest BCUT2D eigenvalue weighted by molar-refractivity contribution is 0.102. The van der Waals surface area contributed by atoms with Crippen LogP contribution in [0.3, 0.4) is 0 Å². The number of sulfonamides is 1. The molecule has 1 aromatic heterocycles. The predicted molar refractivity (Wildman–Crippen MR) is 116 cm³/mol. The number of aryl methyl sites for hydroxylation is 2. The van der Waals surface area contributed by atoms with Gasteiger partial charge in [0.25, 0.3) is 15.9 Å². The predicted octanol–water partition coefficient (Wildman–Crippen LogP) is 3.29. The van der Waals surface area contributed by atoms with Crippen molar-refractivity contribution < 1.29 is 18.3 Å². The molecule has 0 aliphatic carbocycles. The lowest BCUT2D eigenvalue weighted by Crippen LogP contribution is -2.18. The molecule has 8 heteroatoms. The van der Waals surface area contributed by atoms with Gasteiger partial charge in [-0.3, -0.25) is 14.5 Å². The Morgan fingerprint density at radius 3 is 2.40 bits per heavy atom. The minimum atomic E-state index is -3.93. The highest BCUT2D eigenvalue weighted by Gasteiger charge is 2.20. The molecule has 2 aromatic carbocycles. The molecule has 1 amide bonds. The fraction of sp³-hybridized carbons (Fsp3) is 0.182. The van der Waals surface area contributed by atoms with Gasteiger partial charge in [-0.05, 0) is 61.7 Å². The van der Waals surface area contributed by atoms with Gasteiger partial charge in [0.2, 0.25) is 0 Å². The Morgan fingerprint density at radius 2 is 1.73 bits per heavy atom. The summed E-state index contributed by atoms with van der Waals surface area (Å²) in [5, 5.41) is 12.1. The number of carbonyl (C=O) groups is 1. The number of aliphatic hydroxyl groups excluding tert-OH is 1. The monoisotopic (exact) mass is 425 g/mol. The Morgan fingerprint density at radius 1 is 1.03 bits per heavy atom. The average Bonchev–Trinajstić information content (AvgIpc) is 2.71. The molecule has 0 atom stereocenters. The second-order valence-corrected chi connectivity index (χ2v) is 8.56. The number of hydrogen-bond acceptors (Lipinski definition) is 5. The second kappa shape index (κ2) is 9.06. The molecule has 0 saturated carbocycles. The highest BCUT2D eigenvalue weighted by molar-refractivity contribution is 7.92. The number of pyridine rings is 1. The van der Waals surface area contributed by atoms with Crippen LogP contribution in [0, 0.1) is 13.8 Å². The van der Waals surface area contributed by atoms with E-state index in [1.807, 2.05) is 6.92 Å². The Balaban J connectivity index is 1.93. The summed E-state index contributed by atoms with van der Waals surface area (Å²) in [5.41, 5.74) is 3.37. The van der Waals surface area contributed by atoms with E-state index < -0.39 is 10.0 Å². The molecule has 0 aliphatic rings. The maximum absolute atomic E-state index is 13.0. The van der Waals surface area contributed by atoms with E-state index in [1.54, 1.807) is 55.6 Å². The molecule has 1 heterocycles. The Kier molecular flexibility index (Phi) is 6.49. The van der Waals surface area contributed by atoms with Gasteiger partial charge in [0.05, 0.1) is 10.5 Å². The molecule has 0 fully saturated rings. The smallest absolute Gasteiger partial charge is 0.262 e. The van der Waals surface area contributed by atoms with E-state index >= 15 is 0 Å². The van der Waals surface area contributed by atoms with Crippen LogP contribution in [0.25, 0.3) is 0 Å². The van der Waals surface area contributed by atoms with Crippen LogP contribution in [0.1, 0.15) is 27.0 Å². The topological polar surface area (TPSA) is 108 Å². The molecule has 0 unspecified atom stereocenters. The number of aliphatic hydroxyl groups is 1. The molecular formula is C22H23N3O4S. The first-order valence-electron chi connectivity index (χ1n) is 9.35. The third-order valence-corrected chi connectivity index (χ3v) is 6.05. The molecule has 7 nitrogen and oxygen atoms in total. The van der Waals surface area contributed by atoms with E-state index in [1.165, 1.54) is 12.3 Å². The summed E-state index contributed by atoms with van der Waals surface area (Å²) in [6.07, 6.45) is 3.22. The van der Waals surface area contributed by atoms with Gasteiger partial charge in [0.15, 0.2) is 0 Å². The number of amides is 1. The average molecular weight is 426 g/mol. The van der Waals surface area contributed by atoms with Gasteiger partial charge in [-0.15, -0.1) is 0 Å². The second-order valence-electron chi connectivity index (χ2n) is 6.91. The summed E-state index contributed by atoms with van der Waals surface area (Å²) in [6.45, 7) is 3.50. The molecule has 0 aliphatic heterocycles. The van der Waals surface area contributed by atoms with E-state index in [0.717, 1.165) is 11.1 Å². The third kappa shape index (κ3) is 5.03. The standard InChI is InChI=1S/C22H23N3O4S/c1-15-3-6-18(7-4-15)25-30(28,29)21-13-19(8-5-17(21)10-12-26)24-22(27)20-14-23-11-9-16(20)2/h3-9,11,13-14,25-26H,10,12H2,1-2H3,(H,24,27). The maximum Gasteiger partial charge on any atom is 0.262 e. The van der Waals surface area contributed by atoms with Crippen LogP contribution in [0.4, 0.5) is 11.4 Å². The van der Waals surface area contributed by atoms with Crippen LogP contribution in [-0.2, 0) is 16.4 Å². The first-order chi connectivity index (χ1) is 14.3. The normalized spacial score (nSPS) is 11.2. The molecule has 3 aromatic rings. The zero-order chi connectivity index (χ0) is 21.7. The van der Waals surface area contributed by atoms with Crippen molar-refractivity contribution in [2.24, 2.45) is 0 Å². The molecule has 0 spiro atoms. The van der Waals surface area contributed by atoms with Crippen LogP contribution in [0.15, 0.2) is 65.8 Å². The van der Waals surface area contributed by atoms with E-state index in [4.69, 9.17) is 0 Å². The molecule has 3 rings (SSSR count). The van der Waals surface area contributed by atoms with E-state index in [-0.39, 0.29) is 23.8 Å². The number of nitrogens with one attached hydrogen (secondary N) is 2. The van der Waals surface area contributed by atoms with Gasteiger partial charge >= 0.3 is 0 Å². The van der Waals surface area contributed by atoms with Gasteiger partial charge in [-0.1, -0.05) is 23.8 Å². The molecular weight excluding hydrogens is 402 g/mol. The van der Waals surface area contributed by atoms with Crippen LogP contribution in [-0.4, -0.2) is 31.0 Å². The van der Waals surface area contributed by atoms with Crippen molar-refractivity contribution >= 4 is 27.3 Å². The summed E-state index contributed by atoms with van der Waals surface area (Å²) in [7, 11) is -3.93. The van der Waals surface area contributed by atoms with Gasteiger partial charge in [0, 0.05) is 30.4 Å². The number of hydrogen-bond donors (Lipinski definition) is 3. The summed E-state index contributed by atoms with van der Waals surface area (Å²) in [6, 6.07) is 13.3. The van der Waals surface area contributed by atoms with E-state index in [2.05, 4.69) is 15.0 Å². The highest BCUT2D eigenvalue weighted by atomic mass is 32.2. The molecule has 0 saturated heterocycles. The van der Waals surface area contributed by atoms with Crippen LogP contribution in [0.2, 0.25) is 0 Å².